The van der Waals surface area contributed by atoms with Gasteiger partial charge in [0.25, 0.3) is 0 Å². The van der Waals surface area contributed by atoms with Gasteiger partial charge in [0.05, 0.1) is 13.2 Å². The Kier molecular flexibility index (Phi) is 8.71. The first-order chi connectivity index (χ1) is 12.6. The summed E-state index contributed by atoms with van der Waals surface area (Å²) < 4.78 is 11.2. The standard InChI is InChI=1S/C20H26ClNO4/c1-2-25-19-5-3-4-6-20(19)26-15-18(24)14-22(11-12-23)13-16-7-9-17(21)10-8-16/h3-10,18,23-24H,2,11-15H2,1H3. The van der Waals surface area contributed by atoms with Gasteiger partial charge in [0.2, 0.25) is 0 Å². The number of nitrogens with zero attached hydrogens (tertiary/aromatic N) is 1. The number of halogens is 1. The molecule has 0 aromatic heterocycles. The first-order valence-electron chi connectivity index (χ1n) is 8.72. The van der Waals surface area contributed by atoms with E-state index in [0.29, 0.717) is 42.8 Å². The van der Waals surface area contributed by atoms with E-state index in [9.17, 15) is 10.2 Å². The largest absolute Gasteiger partial charge is 0.490 e. The minimum atomic E-state index is -0.691. The van der Waals surface area contributed by atoms with Crippen LogP contribution in [-0.2, 0) is 6.54 Å². The van der Waals surface area contributed by atoms with E-state index in [4.69, 9.17) is 21.1 Å². The molecule has 0 aliphatic rings. The summed E-state index contributed by atoms with van der Waals surface area (Å²) in [5.74, 6) is 1.27. The van der Waals surface area contributed by atoms with Gasteiger partial charge in [0.1, 0.15) is 12.7 Å². The zero-order valence-corrected chi connectivity index (χ0v) is 15.7. The Labute approximate surface area is 159 Å². The molecule has 1 atom stereocenters. The van der Waals surface area contributed by atoms with Crippen LogP contribution in [0, 0.1) is 0 Å². The number of aliphatic hydroxyl groups is 2. The molecule has 1 unspecified atom stereocenters. The van der Waals surface area contributed by atoms with Crippen LogP contribution in [0.15, 0.2) is 48.5 Å². The molecule has 26 heavy (non-hydrogen) atoms. The van der Waals surface area contributed by atoms with Gasteiger partial charge >= 0.3 is 0 Å². The molecule has 5 nitrogen and oxygen atoms in total. The van der Waals surface area contributed by atoms with Gasteiger partial charge in [-0.05, 0) is 36.8 Å². The second kappa shape index (κ2) is 11.0. The van der Waals surface area contributed by atoms with Gasteiger partial charge in [-0.15, -0.1) is 0 Å². The Morgan fingerprint density at radius 1 is 1.04 bits per heavy atom. The fourth-order valence-corrected chi connectivity index (χ4v) is 2.73. The van der Waals surface area contributed by atoms with Crippen molar-refractivity contribution in [1.29, 1.82) is 0 Å². The summed E-state index contributed by atoms with van der Waals surface area (Å²) in [6.07, 6.45) is -0.691. The number of hydrogen-bond donors (Lipinski definition) is 2. The molecule has 0 aliphatic carbocycles. The van der Waals surface area contributed by atoms with Crippen LogP contribution in [0.1, 0.15) is 12.5 Å². The second-order valence-electron chi connectivity index (χ2n) is 5.93. The maximum Gasteiger partial charge on any atom is 0.161 e. The Bertz CT molecular complexity index is 651. The van der Waals surface area contributed by atoms with E-state index in [1.54, 1.807) is 0 Å². The van der Waals surface area contributed by atoms with E-state index in [1.807, 2.05) is 60.4 Å². The third-order valence-electron chi connectivity index (χ3n) is 3.78. The van der Waals surface area contributed by atoms with Gasteiger partial charge in [-0.25, -0.2) is 0 Å². The number of rotatable bonds is 11. The highest BCUT2D eigenvalue weighted by Gasteiger charge is 2.14. The normalized spacial score (nSPS) is 12.2. The van der Waals surface area contributed by atoms with E-state index in [-0.39, 0.29) is 13.2 Å². The van der Waals surface area contributed by atoms with Crippen molar-refractivity contribution in [3.8, 4) is 11.5 Å². The van der Waals surface area contributed by atoms with Crippen molar-refractivity contribution in [3.05, 3.63) is 59.1 Å². The van der Waals surface area contributed by atoms with Gasteiger partial charge < -0.3 is 19.7 Å². The molecule has 0 saturated heterocycles. The topological polar surface area (TPSA) is 62.2 Å². The van der Waals surface area contributed by atoms with Crippen molar-refractivity contribution in [1.82, 2.24) is 4.90 Å². The number of benzene rings is 2. The molecule has 0 fully saturated rings. The predicted molar refractivity (Wildman–Crippen MR) is 103 cm³/mol. The van der Waals surface area contributed by atoms with Gasteiger partial charge in [-0.3, -0.25) is 4.90 Å². The Hall–Kier alpha value is -1.79. The zero-order valence-electron chi connectivity index (χ0n) is 15.0. The summed E-state index contributed by atoms with van der Waals surface area (Å²) in [6.45, 7) is 4.10. The summed E-state index contributed by atoms with van der Waals surface area (Å²) in [6, 6.07) is 14.9. The van der Waals surface area contributed by atoms with Crippen LogP contribution in [0.5, 0.6) is 11.5 Å². The maximum atomic E-state index is 10.3. The quantitative estimate of drug-likeness (QED) is 0.628. The smallest absolute Gasteiger partial charge is 0.161 e. The lowest BCUT2D eigenvalue weighted by Crippen LogP contribution is -2.37. The van der Waals surface area contributed by atoms with Crippen molar-refractivity contribution >= 4 is 11.6 Å². The molecule has 0 saturated carbocycles. The van der Waals surface area contributed by atoms with Crippen LogP contribution in [0.2, 0.25) is 5.02 Å². The van der Waals surface area contributed by atoms with Crippen LogP contribution < -0.4 is 9.47 Å². The minimum Gasteiger partial charge on any atom is -0.490 e. The molecule has 6 heteroatoms. The Balaban J connectivity index is 1.89. The Morgan fingerprint density at radius 3 is 2.31 bits per heavy atom. The highest BCUT2D eigenvalue weighted by atomic mass is 35.5. The summed E-state index contributed by atoms with van der Waals surface area (Å²) in [4.78, 5) is 1.98. The maximum absolute atomic E-state index is 10.3. The molecule has 0 amide bonds. The van der Waals surface area contributed by atoms with E-state index in [1.165, 1.54) is 0 Å². The van der Waals surface area contributed by atoms with Crippen molar-refractivity contribution in [2.45, 2.75) is 19.6 Å². The Morgan fingerprint density at radius 2 is 1.69 bits per heavy atom. The van der Waals surface area contributed by atoms with Crippen molar-refractivity contribution in [2.75, 3.05) is 32.9 Å². The summed E-state index contributed by atoms with van der Waals surface area (Å²) in [5.41, 5.74) is 1.07. The van der Waals surface area contributed by atoms with E-state index >= 15 is 0 Å². The van der Waals surface area contributed by atoms with Crippen molar-refractivity contribution < 1.29 is 19.7 Å². The van der Waals surface area contributed by atoms with Crippen molar-refractivity contribution in [3.63, 3.8) is 0 Å². The first kappa shape index (κ1) is 20.5. The molecule has 2 rings (SSSR count). The van der Waals surface area contributed by atoms with Crippen LogP contribution >= 0.6 is 11.6 Å². The van der Waals surface area contributed by atoms with Gasteiger partial charge in [0, 0.05) is 24.7 Å². The molecule has 2 aromatic carbocycles. The highest BCUT2D eigenvalue weighted by molar-refractivity contribution is 6.30. The lowest BCUT2D eigenvalue weighted by Gasteiger charge is -2.24. The number of para-hydroxylation sites is 2. The average molecular weight is 380 g/mol. The zero-order chi connectivity index (χ0) is 18.8. The van der Waals surface area contributed by atoms with E-state index in [2.05, 4.69) is 0 Å². The highest BCUT2D eigenvalue weighted by Crippen LogP contribution is 2.26. The predicted octanol–water partition coefficient (Wildman–Crippen LogP) is 2.97. The molecule has 2 aromatic rings. The lowest BCUT2D eigenvalue weighted by molar-refractivity contribution is 0.0580. The second-order valence-corrected chi connectivity index (χ2v) is 6.37. The van der Waals surface area contributed by atoms with Crippen molar-refractivity contribution in [2.24, 2.45) is 0 Å². The van der Waals surface area contributed by atoms with Gasteiger partial charge in [-0.1, -0.05) is 35.9 Å². The summed E-state index contributed by atoms with van der Waals surface area (Å²) >= 11 is 5.91. The fourth-order valence-electron chi connectivity index (χ4n) is 2.61. The summed E-state index contributed by atoms with van der Waals surface area (Å²) in [7, 11) is 0. The monoisotopic (exact) mass is 379 g/mol. The molecule has 0 heterocycles. The molecule has 0 radical (unpaired) electrons. The fraction of sp³-hybridized carbons (Fsp3) is 0.400. The van der Waals surface area contributed by atoms with Gasteiger partial charge in [0.15, 0.2) is 11.5 Å². The molecule has 0 bridgehead atoms. The SMILES string of the molecule is CCOc1ccccc1OCC(O)CN(CCO)Cc1ccc(Cl)cc1. The molecule has 2 N–H and O–H groups in total. The third-order valence-corrected chi connectivity index (χ3v) is 4.04. The number of ether oxygens (including phenoxy) is 2. The van der Waals surface area contributed by atoms with Crippen LogP contribution in [0.3, 0.4) is 0 Å². The molecular formula is C20H26ClNO4. The van der Waals surface area contributed by atoms with Crippen LogP contribution in [0.25, 0.3) is 0 Å². The first-order valence-corrected chi connectivity index (χ1v) is 9.10. The van der Waals surface area contributed by atoms with Gasteiger partial charge in [-0.2, -0.15) is 0 Å². The van der Waals surface area contributed by atoms with E-state index < -0.39 is 6.10 Å². The van der Waals surface area contributed by atoms with E-state index in [0.717, 1.165) is 5.56 Å². The lowest BCUT2D eigenvalue weighted by atomic mass is 10.2. The number of aliphatic hydroxyl groups excluding tert-OH is 2. The number of hydrogen-bond acceptors (Lipinski definition) is 5. The minimum absolute atomic E-state index is 0.0222. The van der Waals surface area contributed by atoms with Crippen LogP contribution in [-0.4, -0.2) is 54.1 Å². The molecule has 142 valence electrons. The van der Waals surface area contributed by atoms with Crippen LogP contribution in [0.4, 0.5) is 0 Å². The third kappa shape index (κ3) is 6.84. The molecule has 0 aliphatic heterocycles. The molecule has 0 spiro atoms. The summed E-state index contributed by atoms with van der Waals surface area (Å²) in [5, 5.41) is 20.3. The molecular weight excluding hydrogens is 354 g/mol. The average Bonchev–Trinajstić information content (AvgIpc) is 2.63.